The van der Waals surface area contributed by atoms with Crippen molar-refractivity contribution in [3.8, 4) is 11.5 Å². The summed E-state index contributed by atoms with van der Waals surface area (Å²) in [6.45, 7) is 0. The highest BCUT2D eigenvalue weighted by molar-refractivity contribution is 7.74. The molecule has 78 valence electrons. The van der Waals surface area contributed by atoms with E-state index in [0.29, 0.717) is 0 Å². The van der Waals surface area contributed by atoms with Gasteiger partial charge in [-0.15, -0.1) is 5.75 Å². The molecule has 0 saturated heterocycles. The maximum Gasteiger partial charge on any atom is 0.139 e. The second-order valence-electron chi connectivity index (χ2n) is 2.96. The Morgan fingerprint density at radius 2 is 1.73 bits per heavy atom. The van der Waals surface area contributed by atoms with Gasteiger partial charge in [0.05, 0.1) is 0 Å². The molecular weight excluding hydrogens is 216 g/mol. The maximum atomic E-state index is 11.0. The molecule has 5 heteroatoms. The molecule has 0 heterocycles. The fourth-order valence-corrected chi connectivity index (χ4v) is 1.59. The van der Waals surface area contributed by atoms with Gasteiger partial charge < -0.3 is 13.8 Å². The van der Waals surface area contributed by atoms with E-state index in [-0.39, 0.29) is 11.5 Å². The third kappa shape index (κ3) is 2.26. The highest BCUT2D eigenvalue weighted by Gasteiger charge is 1.97. The van der Waals surface area contributed by atoms with E-state index < -0.39 is 11.4 Å². The quantitative estimate of drug-likeness (QED) is 0.713. The van der Waals surface area contributed by atoms with Crippen molar-refractivity contribution in [1.29, 1.82) is 0 Å². The first-order valence-electron chi connectivity index (χ1n) is 4.13. The van der Waals surface area contributed by atoms with Gasteiger partial charge in [0.1, 0.15) is 17.1 Å². The molecule has 0 spiro atoms. The van der Waals surface area contributed by atoms with Crippen molar-refractivity contribution < 1.29 is 18.1 Å². The fourth-order valence-electron chi connectivity index (χ4n) is 1.33. The van der Waals surface area contributed by atoms with Crippen LogP contribution < -0.4 is 9.29 Å². The minimum atomic E-state index is -2.58. The minimum Gasteiger partial charge on any atom is -0.872 e. The Morgan fingerprint density at radius 1 is 1.07 bits per heavy atom. The minimum absolute atomic E-state index is 0.0800. The van der Waals surface area contributed by atoms with E-state index in [0.717, 1.165) is 10.8 Å². The molecule has 4 nitrogen and oxygen atoms in total. The number of rotatable bonds is 2. The summed E-state index contributed by atoms with van der Waals surface area (Å²) in [7, 11) is 0. The highest BCUT2D eigenvalue weighted by atomic mass is 32.2. The van der Waals surface area contributed by atoms with Crippen LogP contribution in [0, 0.1) is 0 Å². The Balaban J connectivity index is 2.47. The van der Waals surface area contributed by atoms with Gasteiger partial charge in [0.15, 0.2) is 0 Å². The maximum absolute atomic E-state index is 11.0. The van der Waals surface area contributed by atoms with Crippen molar-refractivity contribution in [2.24, 2.45) is 0 Å². The van der Waals surface area contributed by atoms with Gasteiger partial charge in [0.2, 0.25) is 0 Å². The Kier molecular flexibility index (Phi) is 2.57. The molecule has 0 N–H and O–H groups in total. The lowest BCUT2D eigenvalue weighted by Crippen LogP contribution is -1.97. The molecule has 0 aromatic heterocycles. The summed E-state index contributed by atoms with van der Waals surface area (Å²) in [5, 5.41) is 12.5. The first kappa shape index (κ1) is 9.95. The molecule has 0 bridgehead atoms. The SMILES string of the molecule is O=S([O-])Oc1ccc2cc([O-])ccc2c1. The third-order valence-electron chi connectivity index (χ3n) is 1.95. The van der Waals surface area contributed by atoms with Crippen LogP contribution in [0.15, 0.2) is 36.4 Å². The van der Waals surface area contributed by atoms with Crippen LogP contribution >= 0.6 is 0 Å². The average molecular weight is 222 g/mol. The molecular formula is C10H6O4S-2. The van der Waals surface area contributed by atoms with E-state index in [1.165, 1.54) is 18.2 Å². The number of hydrogen-bond donors (Lipinski definition) is 0. The van der Waals surface area contributed by atoms with Gasteiger partial charge in [-0.25, -0.2) is 4.21 Å². The van der Waals surface area contributed by atoms with E-state index in [1.807, 2.05) is 0 Å². The van der Waals surface area contributed by atoms with E-state index in [9.17, 15) is 13.9 Å². The van der Waals surface area contributed by atoms with Gasteiger partial charge in [-0.1, -0.05) is 24.3 Å². The molecule has 0 saturated carbocycles. The number of fused-ring (bicyclic) bond motifs is 1. The van der Waals surface area contributed by atoms with Gasteiger partial charge >= 0.3 is 0 Å². The van der Waals surface area contributed by atoms with Gasteiger partial charge in [0, 0.05) is 0 Å². The summed E-state index contributed by atoms with van der Waals surface area (Å²) in [6, 6.07) is 9.22. The van der Waals surface area contributed by atoms with E-state index in [2.05, 4.69) is 4.18 Å². The Bertz CT molecular complexity index is 524. The molecule has 2 aromatic carbocycles. The number of hydrogen-bond acceptors (Lipinski definition) is 4. The average Bonchev–Trinajstić information content (AvgIpc) is 2.17. The van der Waals surface area contributed by atoms with Crippen molar-refractivity contribution in [3.63, 3.8) is 0 Å². The predicted octanol–water partition coefficient (Wildman–Crippen LogP) is 1.09. The van der Waals surface area contributed by atoms with E-state index in [4.69, 9.17) is 0 Å². The van der Waals surface area contributed by atoms with Crippen LogP contribution in [0.3, 0.4) is 0 Å². The molecule has 0 radical (unpaired) electrons. The van der Waals surface area contributed by atoms with Crippen LogP contribution in [0.25, 0.3) is 10.8 Å². The van der Waals surface area contributed by atoms with Crippen molar-refractivity contribution >= 4 is 22.1 Å². The first-order chi connectivity index (χ1) is 7.15. The van der Waals surface area contributed by atoms with Gasteiger partial charge in [-0.05, 0) is 22.9 Å². The second-order valence-corrected chi connectivity index (χ2v) is 3.53. The van der Waals surface area contributed by atoms with Crippen LogP contribution in [-0.4, -0.2) is 8.76 Å². The zero-order chi connectivity index (χ0) is 10.8. The molecule has 1 atom stereocenters. The zero-order valence-electron chi connectivity index (χ0n) is 7.51. The van der Waals surface area contributed by atoms with Crippen LogP contribution in [0.2, 0.25) is 0 Å². The molecule has 0 amide bonds. The van der Waals surface area contributed by atoms with Crippen LogP contribution in [-0.2, 0) is 11.4 Å². The molecule has 1 unspecified atom stereocenters. The molecule has 15 heavy (non-hydrogen) atoms. The topological polar surface area (TPSA) is 72.4 Å². The summed E-state index contributed by atoms with van der Waals surface area (Å²) in [4.78, 5) is 0. The van der Waals surface area contributed by atoms with Gasteiger partial charge in [0.25, 0.3) is 0 Å². The monoisotopic (exact) mass is 222 g/mol. The van der Waals surface area contributed by atoms with Crippen molar-refractivity contribution in [1.82, 2.24) is 0 Å². The molecule has 0 aliphatic carbocycles. The summed E-state index contributed by atoms with van der Waals surface area (Å²) in [5.74, 6) is 0.151. The smallest absolute Gasteiger partial charge is 0.139 e. The Labute approximate surface area is 88.6 Å². The highest BCUT2D eigenvalue weighted by Crippen LogP contribution is 2.23. The lowest BCUT2D eigenvalue weighted by Gasteiger charge is -2.09. The lowest BCUT2D eigenvalue weighted by molar-refractivity contribution is -0.268. The van der Waals surface area contributed by atoms with Gasteiger partial charge in [-0.3, -0.25) is 0 Å². The molecule has 0 fully saturated rings. The Morgan fingerprint density at radius 3 is 2.47 bits per heavy atom. The van der Waals surface area contributed by atoms with E-state index in [1.54, 1.807) is 18.2 Å². The second kappa shape index (κ2) is 3.88. The molecule has 2 aromatic rings. The van der Waals surface area contributed by atoms with Crippen LogP contribution in [0.4, 0.5) is 0 Å². The zero-order valence-corrected chi connectivity index (χ0v) is 8.32. The lowest BCUT2D eigenvalue weighted by atomic mass is 10.1. The molecule has 0 aliphatic heterocycles. The standard InChI is InChI=1S/C10H8O4S/c11-9-3-1-8-6-10(14-15(12)13)4-2-7(8)5-9/h1-6,11H,(H,12,13)/p-2. The van der Waals surface area contributed by atoms with Crippen molar-refractivity contribution in [2.75, 3.05) is 0 Å². The van der Waals surface area contributed by atoms with Crippen LogP contribution in [0.5, 0.6) is 11.5 Å². The van der Waals surface area contributed by atoms with Gasteiger partial charge in [-0.2, -0.15) is 0 Å². The summed E-state index contributed by atoms with van der Waals surface area (Å²) in [5.41, 5.74) is 0. The normalized spacial score (nSPS) is 12.6. The predicted molar refractivity (Wildman–Crippen MR) is 52.9 cm³/mol. The third-order valence-corrected chi connectivity index (χ3v) is 2.28. The molecule has 0 aliphatic rings. The summed E-state index contributed by atoms with van der Waals surface area (Å²) < 4.78 is 25.1. The summed E-state index contributed by atoms with van der Waals surface area (Å²) in [6.07, 6.45) is 0. The molecule has 2 rings (SSSR count). The first-order valence-corrected chi connectivity index (χ1v) is 5.13. The summed E-state index contributed by atoms with van der Waals surface area (Å²) >= 11 is -2.58. The van der Waals surface area contributed by atoms with Crippen molar-refractivity contribution in [2.45, 2.75) is 0 Å². The number of benzene rings is 2. The largest absolute Gasteiger partial charge is 0.872 e. The van der Waals surface area contributed by atoms with Crippen molar-refractivity contribution in [3.05, 3.63) is 36.4 Å². The van der Waals surface area contributed by atoms with Crippen LogP contribution in [0.1, 0.15) is 0 Å². The Hall–Kier alpha value is -1.59. The fraction of sp³-hybridized carbons (Fsp3) is 0. The van der Waals surface area contributed by atoms with E-state index >= 15 is 0 Å².